The molecular formula is C11H19NO3. The lowest BCUT2D eigenvalue weighted by Crippen LogP contribution is -2.34. The van der Waals surface area contributed by atoms with Crippen LogP contribution >= 0.6 is 0 Å². The summed E-state index contributed by atoms with van der Waals surface area (Å²) in [6.45, 7) is 7.56. The fourth-order valence-corrected chi connectivity index (χ4v) is 2.02. The SMILES string of the molecule is CCC(C)NC(=O)C1C(C(=O)O)C1(C)C. The van der Waals surface area contributed by atoms with Crippen LogP contribution in [0.5, 0.6) is 0 Å². The fourth-order valence-electron chi connectivity index (χ4n) is 2.02. The number of nitrogens with one attached hydrogen (secondary N) is 1. The van der Waals surface area contributed by atoms with Crippen LogP contribution in [0, 0.1) is 17.3 Å². The monoisotopic (exact) mass is 213 g/mol. The van der Waals surface area contributed by atoms with Crippen LogP contribution in [0.1, 0.15) is 34.1 Å². The van der Waals surface area contributed by atoms with Gasteiger partial charge in [0.25, 0.3) is 0 Å². The molecule has 1 aliphatic rings. The van der Waals surface area contributed by atoms with Crippen LogP contribution in [-0.4, -0.2) is 23.0 Å². The molecule has 2 N–H and O–H groups in total. The molecule has 0 aromatic carbocycles. The van der Waals surface area contributed by atoms with Gasteiger partial charge in [0.05, 0.1) is 11.8 Å². The smallest absolute Gasteiger partial charge is 0.307 e. The van der Waals surface area contributed by atoms with Crippen LogP contribution in [0.25, 0.3) is 0 Å². The summed E-state index contributed by atoms with van der Waals surface area (Å²) >= 11 is 0. The molecule has 3 atom stereocenters. The topological polar surface area (TPSA) is 66.4 Å². The van der Waals surface area contributed by atoms with Gasteiger partial charge in [-0.15, -0.1) is 0 Å². The quantitative estimate of drug-likeness (QED) is 0.738. The Morgan fingerprint density at radius 2 is 1.93 bits per heavy atom. The van der Waals surface area contributed by atoms with Gasteiger partial charge >= 0.3 is 5.97 Å². The van der Waals surface area contributed by atoms with E-state index in [-0.39, 0.29) is 17.9 Å². The van der Waals surface area contributed by atoms with Crippen molar-refractivity contribution >= 4 is 11.9 Å². The van der Waals surface area contributed by atoms with Crippen molar-refractivity contribution in [1.29, 1.82) is 0 Å². The van der Waals surface area contributed by atoms with E-state index in [0.29, 0.717) is 0 Å². The lowest BCUT2D eigenvalue weighted by Gasteiger charge is -2.11. The van der Waals surface area contributed by atoms with E-state index in [4.69, 9.17) is 5.11 Å². The Hall–Kier alpha value is -1.06. The Balaban J connectivity index is 2.60. The average molecular weight is 213 g/mol. The van der Waals surface area contributed by atoms with Gasteiger partial charge in [-0.25, -0.2) is 0 Å². The lowest BCUT2D eigenvalue weighted by atomic mass is 10.1. The van der Waals surface area contributed by atoms with Crippen LogP contribution in [0.2, 0.25) is 0 Å². The molecule has 1 rings (SSSR count). The summed E-state index contributed by atoms with van der Waals surface area (Å²) in [5.41, 5.74) is -0.399. The zero-order valence-corrected chi connectivity index (χ0v) is 9.70. The van der Waals surface area contributed by atoms with Crippen molar-refractivity contribution in [2.75, 3.05) is 0 Å². The van der Waals surface area contributed by atoms with Crippen LogP contribution in [0.4, 0.5) is 0 Å². The zero-order chi connectivity index (χ0) is 11.8. The highest BCUT2D eigenvalue weighted by atomic mass is 16.4. The fraction of sp³-hybridized carbons (Fsp3) is 0.818. The minimum absolute atomic E-state index is 0.114. The van der Waals surface area contributed by atoms with Crippen LogP contribution < -0.4 is 5.32 Å². The number of carboxylic acid groups (broad SMARTS) is 1. The van der Waals surface area contributed by atoms with E-state index < -0.39 is 17.3 Å². The minimum Gasteiger partial charge on any atom is -0.481 e. The second kappa shape index (κ2) is 3.83. The van der Waals surface area contributed by atoms with Gasteiger partial charge in [-0.2, -0.15) is 0 Å². The third kappa shape index (κ3) is 2.13. The first-order valence-corrected chi connectivity index (χ1v) is 5.35. The van der Waals surface area contributed by atoms with Crippen LogP contribution in [-0.2, 0) is 9.59 Å². The molecule has 1 aliphatic carbocycles. The van der Waals surface area contributed by atoms with E-state index in [1.54, 1.807) is 0 Å². The van der Waals surface area contributed by atoms with Crippen LogP contribution in [0.3, 0.4) is 0 Å². The van der Waals surface area contributed by atoms with Gasteiger partial charge in [0.15, 0.2) is 0 Å². The van der Waals surface area contributed by atoms with Crippen molar-refractivity contribution in [1.82, 2.24) is 5.32 Å². The molecule has 1 amide bonds. The standard InChI is InChI=1S/C11H19NO3/c1-5-6(2)12-9(13)7-8(10(14)15)11(7,3)4/h6-8H,5H2,1-4H3,(H,12,13)(H,14,15). The summed E-state index contributed by atoms with van der Waals surface area (Å²) in [6.07, 6.45) is 0.858. The lowest BCUT2D eigenvalue weighted by molar-refractivity contribution is -0.140. The summed E-state index contributed by atoms with van der Waals surface area (Å²) in [7, 11) is 0. The van der Waals surface area contributed by atoms with Crippen molar-refractivity contribution in [3.63, 3.8) is 0 Å². The molecule has 0 bridgehead atoms. The van der Waals surface area contributed by atoms with E-state index in [0.717, 1.165) is 6.42 Å². The molecule has 3 unspecified atom stereocenters. The maximum Gasteiger partial charge on any atom is 0.307 e. The number of carbonyl (C=O) groups excluding carboxylic acids is 1. The molecule has 15 heavy (non-hydrogen) atoms. The molecule has 0 aromatic rings. The number of hydrogen-bond donors (Lipinski definition) is 2. The Morgan fingerprint density at radius 3 is 2.27 bits per heavy atom. The largest absolute Gasteiger partial charge is 0.481 e. The zero-order valence-electron chi connectivity index (χ0n) is 9.70. The molecule has 1 saturated carbocycles. The molecule has 0 saturated heterocycles. The molecule has 1 fully saturated rings. The van der Waals surface area contributed by atoms with Crippen molar-refractivity contribution in [3.05, 3.63) is 0 Å². The molecule has 4 nitrogen and oxygen atoms in total. The first kappa shape index (κ1) is 12.0. The van der Waals surface area contributed by atoms with Gasteiger partial charge in [-0.3, -0.25) is 9.59 Å². The minimum atomic E-state index is -0.871. The third-order valence-electron chi connectivity index (χ3n) is 3.38. The summed E-state index contributed by atoms with van der Waals surface area (Å²) in [4.78, 5) is 22.6. The molecule has 86 valence electrons. The maximum absolute atomic E-state index is 11.7. The van der Waals surface area contributed by atoms with Gasteiger partial charge in [-0.1, -0.05) is 20.8 Å². The Morgan fingerprint density at radius 1 is 1.40 bits per heavy atom. The Labute approximate surface area is 90.0 Å². The van der Waals surface area contributed by atoms with E-state index >= 15 is 0 Å². The number of rotatable bonds is 4. The first-order chi connectivity index (χ1) is 6.82. The van der Waals surface area contributed by atoms with E-state index in [9.17, 15) is 9.59 Å². The van der Waals surface area contributed by atoms with Gasteiger partial charge in [0.1, 0.15) is 0 Å². The van der Waals surface area contributed by atoms with Gasteiger partial charge in [0, 0.05) is 6.04 Å². The van der Waals surface area contributed by atoms with Gasteiger partial charge in [-0.05, 0) is 18.8 Å². The predicted octanol–water partition coefficient (Wildman–Crippen LogP) is 1.26. The average Bonchev–Trinajstić information content (AvgIpc) is 2.68. The molecular weight excluding hydrogens is 194 g/mol. The number of carboxylic acids is 1. The van der Waals surface area contributed by atoms with Crippen molar-refractivity contribution in [2.24, 2.45) is 17.3 Å². The van der Waals surface area contributed by atoms with Crippen molar-refractivity contribution in [2.45, 2.75) is 40.2 Å². The second-order valence-electron chi connectivity index (χ2n) is 4.93. The van der Waals surface area contributed by atoms with E-state index in [2.05, 4.69) is 5.32 Å². The van der Waals surface area contributed by atoms with E-state index in [1.165, 1.54) is 0 Å². The summed E-state index contributed by atoms with van der Waals surface area (Å²) in [6, 6.07) is 0.114. The molecule has 0 aliphatic heterocycles. The summed E-state index contributed by atoms with van der Waals surface area (Å²) in [5.74, 6) is -1.89. The maximum atomic E-state index is 11.7. The first-order valence-electron chi connectivity index (χ1n) is 5.35. The number of aliphatic carboxylic acids is 1. The Bertz CT molecular complexity index is 286. The number of amides is 1. The molecule has 0 heterocycles. The van der Waals surface area contributed by atoms with E-state index in [1.807, 2.05) is 27.7 Å². The third-order valence-corrected chi connectivity index (χ3v) is 3.38. The van der Waals surface area contributed by atoms with Crippen molar-refractivity contribution in [3.8, 4) is 0 Å². The summed E-state index contributed by atoms with van der Waals surface area (Å²) in [5, 5.41) is 11.7. The molecule has 0 spiro atoms. The second-order valence-corrected chi connectivity index (χ2v) is 4.93. The summed E-state index contributed by atoms with van der Waals surface area (Å²) < 4.78 is 0. The number of hydrogen-bond acceptors (Lipinski definition) is 2. The highest BCUT2D eigenvalue weighted by Gasteiger charge is 2.65. The normalized spacial score (nSPS) is 29.3. The van der Waals surface area contributed by atoms with Crippen LogP contribution in [0.15, 0.2) is 0 Å². The molecule has 0 radical (unpaired) electrons. The highest BCUT2D eigenvalue weighted by Crippen LogP contribution is 2.58. The van der Waals surface area contributed by atoms with Crippen molar-refractivity contribution < 1.29 is 14.7 Å². The number of carbonyl (C=O) groups is 2. The van der Waals surface area contributed by atoms with Gasteiger partial charge < -0.3 is 10.4 Å². The Kier molecular flexibility index (Phi) is 3.07. The molecule has 4 heteroatoms. The predicted molar refractivity (Wildman–Crippen MR) is 56.3 cm³/mol. The van der Waals surface area contributed by atoms with Gasteiger partial charge in [0.2, 0.25) is 5.91 Å². The molecule has 0 aromatic heterocycles. The highest BCUT2D eigenvalue weighted by molar-refractivity contribution is 5.91.